The number of methoxy groups -OCH3 is 1. The molecule has 4 atom stereocenters. The van der Waals surface area contributed by atoms with Gasteiger partial charge in [-0.25, -0.2) is 0 Å². The molecule has 1 saturated heterocycles. The molecule has 6 N–H and O–H groups in total. The Labute approximate surface area is 153 Å². The second-order valence-corrected chi connectivity index (χ2v) is 8.11. The topological polar surface area (TPSA) is 182 Å². The maximum absolute atomic E-state index is 12.2. The number of hydrogen-bond donors (Lipinski definition) is 5. The Morgan fingerprint density at radius 2 is 2.19 bits per heavy atom. The van der Waals surface area contributed by atoms with E-state index >= 15 is 0 Å². The van der Waals surface area contributed by atoms with Crippen LogP contribution in [0.4, 0.5) is 5.95 Å². The van der Waals surface area contributed by atoms with E-state index < -0.39 is 43.7 Å². The maximum Gasteiger partial charge on any atom is 0.351 e. The smallest absolute Gasteiger partial charge is 0.351 e. The molecule has 0 spiro atoms. The number of aromatic nitrogens is 3. The normalized spacial score (nSPS) is 28.9. The first-order valence-corrected chi connectivity index (χ1v) is 9.69. The summed E-state index contributed by atoms with van der Waals surface area (Å²) >= 11 is 0. The highest BCUT2D eigenvalue weighted by Crippen LogP contribution is 2.44. The third kappa shape index (κ3) is 3.41. The van der Waals surface area contributed by atoms with Crippen LogP contribution in [0.1, 0.15) is 18.7 Å². The minimum Gasteiger partial charge on any atom is -0.385 e. The molecular formula is C14H21N4O8P. The lowest BCUT2D eigenvalue weighted by Gasteiger charge is -2.31. The number of aromatic amines is 1. The summed E-state index contributed by atoms with van der Waals surface area (Å²) in [5.41, 5.74) is 4.65. The summed E-state index contributed by atoms with van der Waals surface area (Å²) < 4.78 is 28.7. The molecule has 3 heterocycles. The van der Waals surface area contributed by atoms with Gasteiger partial charge in [0.2, 0.25) is 5.95 Å². The summed E-state index contributed by atoms with van der Waals surface area (Å²) in [6.07, 6.45) is -3.10. The van der Waals surface area contributed by atoms with E-state index in [2.05, 4.69) is 9.97 Å². The summed E-state index contributed by atoms with van der Waals surface area (Å²) in [5, 5.41) is 10.9. The van der Waals surface area contributed by atoms with Crippen LogP contribution in [0.15, 0.2) is 11.0 Å². The molecule has 1 fully saturated rings. The van der Waals surface area contributed by atoms with E-state index in [1.54, 1.807) is 20.0 Å². The quantitative estimate of drug-likeness (QED) is 0.403. The zero-order chi connectivity index (χ0) is 20.1. The number of aryl methyl sites for hydroxylation is 1. The molecule has 0 aromatic carbocycles. The zero-order valence-corrected chi connectivity index (χ0v) is 15.7. The molecule has 150 valence electrons. The zero-order valence-electron chi connectivity index (χ0n) is 14.8. The van der Waals surface area contributed by atoms with E-state index in [1.165, 1.54) is 11.7 Å². The highest BCUT2D eigenvalue weighted by Gasteiger charge is 2.56. The summed E-state index contributed by atoms with van der Waals surface area (Å²) in [7, 11) is -3.12. The summed E-state index contributed by atoms with van der Waals surface area (Å²) in [6, 6.07) is 0. The number of ether oxygens (including phenoxy) is 3. The van der Waals surface area contributed by atoms with Crippen molar-refractivity contribution in [1.29, 1.82) is 0 Å². The molecule has 3 rings (SSSR count). The number of fused-ring (bicyclic) bond motifs is 1. The summed E-state index contributed by atoms with van der Waals surface area (Å²) in [5.74, 6) is -0.0983. The van der Waals surface area contributed by atoms with Gasteiger partial charge in [0.15, 0.2) is 24.5 Å². The highest BCUT2D eigenvalue weighted by atomic mass is 31.2. The molecule has 12 nitrogen and oxygen atoms in total. The van der Waals surface area contributed by atoms with Crippen LogP contribution >= 0.6 is 7.60 Å². The number of hydrogen-bond acceptors (Lipinski definition) is 8. The molecule has 1 aliphatic rings. The van der Waals surface area contributed by atoms with E-state index in [-0.39, 0.29) is 11.6 Å². The number of anilines is 1. The Morgan fingerprint density at radius 3 is 2.78 bits per heavy atom. The Morgan fingerprint density at radius 1 is 1.52 bits per heavy atom. The average Bonchev–Trinajstić information content (AvgIpc) is 3.01. The average molecular weight is 404 g/mol. The molecule has 1 aliphatic heterocycles. The molecule has 13 heteroatoms. The Hall–Kier alpha value is -1.79. The lowest BCUT2D eigenvalue weighted by molar-refractivity contribution is -0.167. The van der Waals surface area contributed by atoms with Gasteiger partial charge < -0.3 is 39.4 Å². The number of H-pyrrole nitrogens is 1. The Kier molecular flexibility index (Phi) is 4.93. The monoisotopic (exact) mass is 404 g/mol. The van der Waals surface area contributed by atoms with Crippen LogP contribution in [0.5, 0.6) is 0 Å². The van der Waals surface area contributed by atoms with E-state index in [0.717, 1.165) is 0 Å². The van der Waals surface area contributed by atoms with Gasteiger partial charge >= 0.3 is 7.60 Å². The largest absolute Gasteiger partial charge is 0.385 e. The van der Waals surface area contributed by atoms with Gasteiger partial charge in [-0.15, -0.1) is 0 Å². The van der Waals surface area contributed by atoms with Crippen molar-refractivity contribution in [3.63, 3.8) is 0 Å². The van der Waals surface area contributed by atoms with E-state index in [1.807, 2.05) is 0 Å². The predicted molar refractivity (Wildman–Crippen MR) is 92.8 cm³/mol. The molecular weight excluding hydrogens is 383 g/mol. The first-order chi connectivity index (χ1) is 12.5. The molecule has 1 unspecified atom stereocenters. The third-order valence-corrected chi connectivity index (χ3v) is 5.07. The number of nitrogens with zero attached hydrogens (tertiary/aromatic N) is 2. The molecule has 2 aromatic rings. The van der Waals surface area contributed by atoms with Crippen molar-refractivity contribution in [2.24, 2.45) is 0 Å². The minimum absolute atomic E-state index is 0.0983. The van der Waals surface area contributed by atoms with Crippen molar-refractivity contribution in [3.05, 3.63) is 22.1 Å². The van der Waals surface area contributed by atoms with Crippen LogP contribution in [0.3, 0.4) is 0 Å². The number of aliphatic hydroxyl groups excluding tert-OH is 1. The predicted octanol–water partition coefficient (Wildman–Crippen LogP) is -0.612. The van der Waals surface area contributed by atoms with Gasteiger partial charge in [-0.1, -0.05) is 0 Å². The fourth-order valence-corrected chi connectivity index (χ4v) is 3.49. The Bertz CT molecular complexity index is 968. The highest BCUT2D eigenvalue weighted by molar-refractivity contribution is 7.51. The fraction of sp³-hybridized carbons (Fsp3) is 0.571. The Balaban J connectivity index is 2.06. The van der Waals surface area contributed by atoms with Crippen LogP contribution in [0.25, 0.3) is 11.0 Å². The standard InChI is InChI=1S/C14H21N4O8P/c1-6-4-18(9-7(6)10(20)17-13(15)16-9)12-14(2,24-3)8(19)11(26-12)25-5-27(21,22)23/h4,8,11-12,19H,5H2,1-3H3,(H2,21,22,23)(H3,15,16,17,20)/t8?,11-,12+,14+/m0/s1. The van der Waals surface area contributed by atoms with Crippen LogP contribution in [0.2, 0.25) is 0 Å². The minimum atomic E-state index is -4.47. The van der Waals surface area contributed by atoms with Gasteiger partial charge in [0, 0.05) is 13.3 Å². The SMILES string of the molecule is CO[C@]1(C)C(O)[C@@H](OCP(=O)(O)O)O[C@H]1n1cc(C)c2c(=O)[nH]c(N)nc21. The number of nitrogens with two attached hydrogens (primary N) is 1. The van der Waals surface area contributed by atoms with Crippen LogP contribution < -0.4 is 11.3 Å². The molecule has 0 bridgehead atoms. The number of nitrogen functional groups attached to an aromatic ring is 1. The van der Waals surface area contributed by atoms with Crippen molar-refractivity contribution >= 4 is 24.6 Å². The van der Waals surface area contributed by atoms with Crippen molar-refractivity contribution in [2.75, 3.05) is 19.2 Å². The van der Waals surface area contributed by atoms with Gasteiger partial charge in [-0.2, -0.15) is 4.98 Å². The maximum atomic E-state index is 12.2. The summed E-state index contributed by atoms with van der Waals surface area (Å²) in [4.78, 5) is 36.7. The van der Waals surface area contributed by atoms with Crippen LogP contribution in [-0.2, 0) is 18.8 Å². The van der Waals surface area contributed by atoms with E-state index in [4.69, 9.17) is 29.7 Å². The van der Waals surface area contributed by atoms with Crippen LogP contribution in [-0.4, -0.2) is 60.9 Å². The second-order valence-electron chi connectivity index (χ2n) is 6.52. The molecule has 0 aliphatic carbocycles. The number of aliphatic hydroxyl groups is 1. The summed E-state index contributed by atoms with van der Waals surface area (Å²) in [6.45, 7) is 3.24. The third-order valence-electron chi connectivity index (χ3n) is 4.59. The first-order valence-electron chi connectivity index (χ1n) is 7.89. The van der Waals surface area contributed by atoms with Gasteiger partial charge in [0.05, 0.1) is 5.39 Å². The van der Waals surface area contributed by atoms with Crippen LogP contribution in [0, 0.1) is 6.92 Å². The lowest BCUT2D eigenvalue weighted by atomic mass is 9.99. The van der Waals surface area contributed by atoms with Gasteiger partial charge in [-0.3, -0.25) is 14.3 Å². The van der Waals surface area contributed by atoms with Crippen molar-refractivity contribution in [3.8, 4) is 0 Å². The molecule has 0 radical (unpaired) electrons. The van der Waals surface area contributed by atoms with E-state index in [0.29, 0.717) is 10.9 Å². The van der Waals surface area contributed by atoms with Crippen molar-refractivity contribution in [2.45, 2.75) is 38.1 Å². The molecule has 0 saturated carbocycles. The van der Waals surface area contributed by atoms with E-state index in [9.17, 15) is 14.5 Å². The second kappa shape index (κ2) is 6.67. The van der Waals surface area contributed by atoms with Gasteiger partial charge in [0.1, 0.15) is 11.7 Å². The number of rotatable bonds is 5. The van der Waals surface area contributed by atoms with Gasteiger partial charge in [0.25, 0.3) is 5.56 Å². The van der Waals surface area contributed by atoms with Crippen molar-refractivity contribution in [1.82, 2.24) is 14.5 Å². The lowest BCUT2D eigenvalue weighted by Crippen LogP contribution is -2.45. The van der Waals surface area contributed by atoms with Crippen molar-refractivity contribution < 1.29 is 33.7 Å². The fourth-order valence-electron chi connectivity index (χ4n) is 3.15. The number of nitrogens with one attached hydrogen (secondary N) is 1. The molecule has 27 heavy (non-hydrogen) atoms. The molecule has 0 amide bonds. The molecule has 2 aromatic heterocycles. The first kappa shape index (κ1) is 20.0. The van der Waals surface area contributed by atoms with Gasteiger partial charge in [-0.05, 0) is 19.4 Å².